The van der Waals surface area contributed by atoms with Gasteiger partial charge in [0.25, 0.3) is 11.8 Å². The summed E-state index contributed by atoms with van der Waals surface area (Å²) in [5.41, 5.74) is 0.716. The summed E-state index contributed by atoms with van der Waals surface area (Å²) in [6.45, 7) is 3.04. The highest BCUT2D eigenvalue weighted by molar-refractivity contribution is 5.99. The molecule has 8 heteroatoms. The number of hydrogen-bond donors (Lipinski definition) is 2. The smallest absolute Gasteiger partial charge is 0.257 e. The Morgan fingerprint density at radius 2 is 1.69 bits per heavy atom. The number of aryl methyl sites for hydroxylation is 1. The first-order valence-corrected chi connectivity index (χ1v) is 13.1. The molecule has 2 aromatic rings. The first kappa shape index (κ1) is 26.1. The molecule has 1 saturated carbocycles. The van der Waals surface area contributed by atoms with Gasteiger partial charge >= 0.3 is 0 Å². The molecule has 1 atom stereocenters. The number of pyridine rings is 1. The quantitative estimate of drug-likeness (QED) is 0.599. The van der Waals surface area contributed by atoms with E-state index in [-0.39, 0.29) is 29.8 Å². The lowest BCUT2D eigenvalue weighted by Crippen LogP contribution is -2.40. The lowest BCUT2D eigenvalue weighted by molar-refractivity contribution is 0.0914. The van der Waals surface area contributed by atoms with Crippen LogP contribution in [0.15, 0.2) is 35.4 Å². The second-order valence-electron chi connectivity index (χ2n) is 10.0. The Balaban J connectivity index is 1.56. The van der Waals surface area contributed by atoms with Crippen molar-refractivity contribution in [1.82, 2.24) is 15.2 Å². The van der Waals surface area contributed by atoms with Gasteiger partial charge in [0.15, 0.2) is 0 Å². The van der Waals surface area contributed by atoms with E-state index in [4.69, 9.17) is 4.74 Å². The summed E-state index contributed by atoms with van der Waals surface area (Å²) in [7, 11) is 0. The molecule has 0 unspecified atom stereocenters. The minimum Gasteiger partial charge on any atom is -0.376 e. The molecule has 1 saturated heterocycles. The van der Waals surface area contributed by atoms with Gasteiger partial charge < -0.3 is 19.9 Å². The van der Waals surface area contributed by atoms with Crippen molar-refractivity contribution < 1.29 is 18.7 Å². The van der Waals surface area contributed by atoms with Crippen LogP contribution in [0.1, 0.15) is 89.6 Å². The number of nitrogens with one attached hydrogen (secondary N) is 2. The topological polar surface area (TPSA) is 89.4 Å². The number of aromatic nitrogens is 1. The number of halogens is 1. The first-order chi connectivity index (χ1) is 17.4. The summed E-state index contributed by atoms with van der Waals surface area (Å²) < 4.78 is 21.1. The van der Waals surface area contributed by atoms with Crippen molar-refractivity contribution in [2.24, 2.45) is 0 Å². The van der Waals surface area contributed by atoms with Gasteiger partial charge in [0.05, 0.1) is 6.10 Å². The molecule has 1 aromatic carbocycles. The van der Waals surface area contributed by atoms with Gasteiger partial charge in [-0.3, -0.25) is 14.4 Å². The minimum atomic E-state index is -0.601. The number of nitrogens with zero attached hydrogens (tertiary/aromatic N) is 1. The summed E-state index contributed by atoms with van der Waals surface area (Å²) >= 11 is 0. The molecule has 2 aliphatic rings. The molecular formula is C28H36FN3O4. The molecule has 2 amide bonds. The van der Waals surface area contributed by atoms with Crippen LogP contribution in [0, 0.1) is 12.7 Å². The van der Waals surface area contributed by atoms with Crippen LogP contribution in [-0.2, 0) is 17.8 Å². The number of rotatable bonds is 7. The minimum absolute atomic E-state index is 0.0252. The zero-order valence-electron chi connectivity index (χ0n) is 21.0. The summed E-state index contributed by atoms with van der Waals surface area (Å²) in [5.74, 6) is -1.43. The number of benzene rings is 1. The standard InChI is InChI=1S/C28H36FN3O4/c1-19-11-12-21(29)14-20(19)15-30-27(34)24-17-32(16-23-10-7-13-36-23)18-25(26(24)33)28(35)31-22-8-5-3-2-4-6-9-22/h11-12,14,17-18,22-23H,2-10,13,15-16H2,1H3,(H,30,34)(H,31,35)/t23-/m0/s1. The van der Waals surface area contributed by atoms with Crippen molar-refractivity contribution in [2.75, 3.05) is 6.61 Å². The maximum atomic E-state index is 13.7. The van der Waals surface area contributed by atoms with E-state index in [2.05, 4.69) is 10.6 Å². The van der Waals surface area contributed by atoms with E-state index >= 15 is 0 Å². The fourth-order valence-corrected chi connectivity index (χ4v) is 5.05. The predicted octanol–water partition coefficient (Wildman–Crippen LogP) is 4.25. The van der Waals surface area contributed by atoms with Gasteiger partial charge in [0.2, 0.25) is 5.43 Å². The van der Waals surface area contributed by atoms with Crippen molar-refractivity contribution in [3.05, 3.63) is 68.9 Å². The van der Waals surface area contributed by atoms with Gasteiger partial charge in [-0.2, -0.15) is 0 Å². The first-order valence-electron chi connectivity index (χ1n) is 13.1. The van der Waals surface area contributed by atoms with E-state index in [1.807, 2.05) is 6.92 Å². The molecule has 7 nitrogen and oxygen atoms in total. The fraction of sp³-hybridized carbons (Fsp3) is 0.536. The lowest BCUT2D eigenvalue weighted by Gasteiger charge is -2.21. The fourth-order valence-electron chi connectivity index (χ4n) is 5.05. The summed E-state index contributed by atoms with van der Waals surface area (Å²) in [6, 6.07) is 4.40. The van der Waals surface area contributed by atoms with Crippen molar-refractivity contribution in [2.45, 2.75) is 89.9 Å². The Hall–Kier alpha value is -3.00. The molecule has 1 aliphatic heterocycles. The maximum absolute atomic E-state index is 13.7. The highest BCUT2D eigenvalue weighted by Gasteiger charge is 2.24. The van der Waals surface area contributed by atoms with Gasteiger partial charge in [0.1, 0.15) is 16.9 Å². The van der Waals surface area contributed by atoms with E-state index in [9.17, 15) is 18.8 Å². The van der Waals surface area contributed by atoms with Crippen LogP contribution in [0.4, 0.5) is 4.39 Å². The van der Waals surface area contributed by atoms with Gasteiger partial charge in [-0.25, -0.2) is 4.39 Å². The van der Waals surface area contributed by atoms with E-state index in [1.54, 1.807) is 10.6 Å². The number of carbonyl (C=O) groups excluding carboxylic acids is 2. The summed E-state index contributed by atoms with van der Waals surface area (Å²) in [4.78, 5) is 39.6. The van der Waals surface area contributed by atoms with Crippen molar-refractivity contribution in [1.29, 1.82) is 0 Å². The molecule has 1 aliphatic carbocycles. The van der Waals surface area contributed by atoms with Gasteiger partial charge in [-0.05, 0) is 55.9 Å². The molecule has 194 valence electrons. The predicted molar refractivity (Wildman–Crippen MR) is 136 cm³/mol. The number of amides is 2. The molecule has 2 fully saturated rings. The van der Waals surface area contributed by atoms with Gasteiger partial charge in [-0.15, -0.1) is 0 Å². The molecular weight excluding hydrogens is 461 g/mol. The van der Waals surface area contributed by atoms with Crippen molar-refractivity contribution >= 4 is 11.8 Å². The van der Waals surface area contributed by atoms with Crippen LogP contribution in [-0.4, -0.2) is 35.1 Å². The highest BCUT2D eigenvalue weighted by atomic mass is 19.1. The van der Waals surface area contributed by atoms with Crippen LogP contribution in [0.3, 0.4) is 0 Å². The van der Waals surface area contributed by atoms with E-state index in [0.717, 1.165) is 56.9 Å². The van der Waals surface area contributed by atoms with Crippen LogP contribution in [0.5, 0.6) is 0 Å². The second-order valence-corrected chi connectivity index (χ2v) is 10.0. The highest BCUT2D eigenvalue weighted by Crippen LogP contribution is 2.18. The monoisotopic (exact) mass is 497 g/mol. The third kappa shape index (κ3) is 6.81. The molecule has 36 heavy (non-hydrogen) atoms. The van der Waals surface area contributed by atoms with Gasteiger partial charge in [0, 0.05) is 38.1 Å². The van der Waals surface area contributed by atoms with Crippen LogP contribution in [0.25, 0.3) is 0 Å². The maximum Gasteiger partial charge on any atom is 0.257 e. The Morgan fingerprint density at radius 1 is 1.00 bits per heavy atom. The van der Waals surface area contributed by atoms with E-state index < -0.39 is 23.1 Å². The zero-order valence-corrected chi connectivity index (χ0v) is 21.0. The molecule has 4 rings (SSSR count). The zero-order chi connectivity index (χ0) is 25.5. The average molecular weight is 498 g/mol. The Labute approximate surface area is 211 Å². The van der Waals surface area contributed by atoms with Gasteiger partial charge in [-0.1, -0.05) is 38.2 Å². The molecule has 1 aromatic heterocycles. The molecule has 2 N–H and O–H groups in total. The molecule has 0 radical (unpaired) electrons. The third-order valence-electron chi connectivity index (χ3n) is 7.20. The number of ether oxygens (including phenoxy) is 1. The molecule has 2 heterocycles. The summed E-state index contributed by atoms with van der Waals surface area (Å²) in [6.07, 6.45) is 12.3. The van der Waals surface area contributed by atoms with Crippen LogP contribution < -0.4 is 16.1 Å². The number of hydrogen-bond acceptors (Lipinski definition) is 4. The van der Waals surface area contributed by atoms with E-state index in [0.29, 0.717) is 18.7 Å². The normalized spacial score (nSPS) is 18.9. The van der Waals surface area contributed by atoms with Crippen molar-refractivity contribution in [3.8, 4) is 0 Å². The molecule has 0 spiro atoms. The second kappa shape index (κ2) is 12.3. The lowest BCUT2D eigenvalue weighted by atomic mass is 9.96. The number of carbonyl (C=O) groups is 2. The Bertz CT molecular complexity index is 1130. The third-order valence-corrected chi connectivity index (χ3v) is 7.20. The van der Waals surface area contributed by atoms with Crippen molar-refractivity contribution in [3.63, 3.8) is 0 Å². The average Bonchev–Trinajstić information content (AvgIpc) is 3.35. The van der Waals surface area contributed by atoms with E-state index in [1.165, 1.54) is 30.9 Å². The Kier molecular flexibility index (Phi) is 8.91. The SMILES string of the molecule is Cc1ccc(F)cc1CNC(=O)c1cn(C[C@@H]2CCCO2)cc(C(=O)NC2CCCCCCC2)c1=O. The van der Waals surface area contributed by atoms with Crippen LogP contribution >= 0.6 is 0 Å². The Morgan fingerprint density at radius 3 is 2.39 bits per heavy atom. The van der Waals surface area contributed by atoms with Crippen LogP contribution in [0.2, 0.25) is 0 Å². The molecule has 0 bridgehead atoms. The summed E-state index contributed by atoms with van der Waals surface area (Å²) in [5, 5.41) is 5.77. The largest absolute Gasteiger partial charge is 0.376 e.